The highest BCUT2D eigenvalue weighted by Gasteiger charge is 2.48. The fourth-order valence-corrected chi connectivity index (χ4v) is 2.23. The maximum Gasteiger partial charge on any atom is 0.348 e. The van der Waals surface area contributed by atoms with Crippen molar-refractivity contribution in [2.75, 3.05) is 0 Å². The molecule has 2 aliphatic rings. The molecule has 17 heavy (non-hydrogen) atoms. The minimum Gasteiger partial charge on any atom is -0.477 e. The first-order valence-electron chi connectivity index (χ1n) is 4.90. The number of hydrogen-bond acceptors (Lipinski definition) is 5. The second-order valence-electron chi connectivity index (χ2n) is 3.75. The number of rotatable bonds is 1. The molecule has 0 radical (unpaired) electrons. The highest BCUT2D eigenvalue weighted by atomic mass is 79.9. The molecule has 1 saturated heterocycles. The lowest BCUT2D eigenvalue weighted by Gasteiger charge is -2.39. The largest absolute Gasteiger partial charge is 0.477 e. The first-order chi connectivity index (χ1) is 8.00. The predicted molar refractivity (Wildman–Crippen MR) is 59.7 cm³/mol. The summed E-state index contributed by atoms with van der Waals surface area (Å²) in [6.07, 6.45) is 1.77. The molecule has 1 heterocycles. The average molecular weight is 298 g/mol. The Balaban J connectivity index is 2.52. The van der Waals surface area contributed by atoms with E-state index >= 15 is 0 Å². The zero-order valence-corrected chi connectivity index (χ0v) is 10.5. The lowest BCUT2D eigenvalue weighted by molar-refractivity contribution is -0.179. The van der Waals surface area contributed by atoms with E-state index in [0.717, 1.165) is 0 Å². The molecule has 1 fully saturated rings. The Morgan fingerprint density at radius 2 is 2.29 bits per heavy atom. The van der Waals surface area contributed by atoms with E-state index in [1.807, 2.05) is 6.07 Å². The minimum absolute atomic E-state index is 0.0975. The van der Waals surface area contributed by atoms with Gasteiger partial charge >= 0.3 is 5.97 Å². The lowest BCUT2D eigenvalue weighted by atomic mass is 9.90. The molecular weight excluding hydrogens is 290 g/mol. The molecule has 0 aromatic carbocycles. The van der Waals surface area contributed by atoms with E-state index in [1.165, 1.54) is 19.1 Å². The molecule has 0 unspecified atom stereocenters. The van der Waals surface area contributed by atoms with Crippen LogP contribution in [0.15, 0.2) is 22.4 Å². The van der Waals surface area contributed by atoms with Crippen LogP contribution in [0.4, 0.5) is 0 Å². The minimum atomic E-state index is -1.27. The van der Waals surface area contributed by atoms with Crippen molar-refractivity contribution in [1.29, 1.82) is 5.26 Å². The molecular formula is C11H8BrNO4. The average Bonchev–Trinajstić information content (AvgIpc) is 2.29. The van der Waals surface area contributed by atoms with Crippen molar-refractivity contribution in [3.05, 3.63) is 22.4 Å². The van der Waals surface area contributed by atoms with E-state index in [9.17, 15) is 9.59 Å². The van der Waals surface area contributed by atoms with Gasteiger partial charge in [-0.15, -0.1) is 0 Å². The highest BCUT2D eigenvalue weighted by Crippen LogP contribution is 2.40. The monoisotopic (exact) mass is 297 g/mol. The third kappa shape index (κ3) is 1.76. The van der Waals surface area contributed by atoms with Gasteiger partial charge in [-0.25, -0.2) is 4.79 Å². The van der Waals surface area contributed by atoms with Crippen molar-refractivity contribution in [1.82, 2.24) is 0 Å². The zero-order chi connectivity index (χ0) is 12.6. The summed E-state index contributed by atoms with van der Waals surface area (Å²) in [5.41, 5.74) is -1.27. The van der Waals surface area contributed by atoms with E-state index in [-0.39, 0.29) is 22.4 Å². The third-order valence-electron chi connectivity index (χ3n) is 2.55. The Kier molecular flexibility index (Phi) is 2.79. The van der Waals surface area contributed by atoms with Crippen molar-refractivity contribution < 1.29 is 19.1 Å². The van der Waals surface area contributed by atoms with Gasteiger partial charge in [-0.1, -0.05) is 0 Å². The molecule has 0 amide bonds. The molecule has 6 heteroatoms. The number of hydrogen-bond donors (Lipinski definition) is 0. The Hall–Kier alpha value is -1.61. The van der Waals surface area contributed by atoms with Gasteiger partial charge < -0.3 is 9.47 Å². The summed E-state index contributed by atoms with van der Waals surface area (Å²) in [5, 5.41) is 8.80. The molecule has 0 bridgehead atoms. The number of esters is 1. The standard InChI is InChI=1S/C11H8BrNO4/c1-6-10(15)17-11(4-5-13)3-2-7(14)8(12)9(11)16-6/h2-3,6H,4H2,1H3/t6-,11-/m1/s1. The van der Waals surface area contributed by atoms with Crippen molar-refractivity contribution in [3.63, 3.8) is 0 Å². The summed E-state index contributed by atoms with van der Waals surface area (Å²) < 4.78 is 10.8. The van der Waals surface area contributed by atoms with Gasteiger partial charge in [0.15, 0.2) is 17.6 Å². The van der Waals surface area contributed by atoms with Crippen LogP contribution in [0.1, 0.15) is 13.3 Å². The summed E-state index contributed by atoms with van der Waals surface area (Å²) >= 11 is 3.10. The van der Waals surface area contributed by atoms with Crippen LogP contribution in [0.3, 0.4) is 0 Å². The fourth-order valence-electron chi connectivity index (χ4n) is 1.67. The number of carbonyl (C=O) groups is 2. The van der Waals surface area contributed by atoms with Gasteiger partial charge in [-0.2, -0.15) is 5.26 Å². The van der Waals surface area contributed by atoms with Crippen LogP contribution in [0, 0.1) is 11.3 Å². The van der Waals surface area contributed by atoms with Crippen molar-refractivity contribution >= 4 is 27.7 Å². The van der Waals surface area contributed by atoms with Crippen LogP contribution in [0.2, 0.25) is 0 Å². The molecule has 1 aliphatic carbocycles. The molecule has 0 spiro atoms. The maximum atomic E-state index is 11.5. The molecule has 0 saturated carbocycles. The first kappa shape index (κ1) is 11.9. The number of allylic oxidation sites excluding steroid dienone is 2. The van der Waals surface area contributed by atoms with E-state index < -0.39 is 17.7 Å². The molecule has 88 valence electrons. The maximum absolute atomic E-state index is 11.5. The van der Waals surface area contributed by atoms with Crippen LogP contribution < -0.4 is 0 Å². The summed E-state index contributed by atoms with van der Waals surface area (Å²) in [6.45, 7) is 1.52. The van der Waals surface area contributed by atoms with Crippen LogP contribution in [0.25, 0.3) is 0 Å². The fraction of sp³-hybridized carbons (Fsp3) is 0.364. The summed E-state index contributed by atoms with van der Waals surface area (Å²) in [6, 6.07) is 1.92. The Labute approximate surface area is 106 Å². The lowest BCUT2D eigenvalue weighted by Crippen LogP contribution is -2.47. The number of ether oxygens (including phenoxy) is 2. The Bertz CT molecular complexity index is 502. The van der Waals surface area contributed by atoms with Crippen LogP contribution in [-0.4, -0.2) is 23.5 Å². The number of ketones is 1. The second-order valence-corrected chi connectivity index (χ2v) is 4.54. The first-order valence-corrected chi connectivity index (χ1v) is 5.70. The van der Waals surface area contributed by atoms with Gasteiger partial charge in [0.1, 0.15) is 4.48 Å². The van der Waals surface area contributed by atoms with E-state index in [2.05, 4.69) is 15.9 Å². The topological polar surface area (TPSA) is 76.4 Å². The number of nitriles is 1. The predicted octanol–water partition coefficient (Wildman–Crippen LogP) is 1.35. The molecule has 1 aliphatic heterocycles. The number of fused-ring (bicyclic) bond motifs is 1. The summed E-state index contributed by atoms with van der Waals surface area (Å²) in [7, 11) is 0. The second kappa shape index (κ2) is 4.00. The van der Waals surface area contributed by atoms with E-state index in [4.69, 9.17) is 14.7 Å². The smallest absolute Gasteiger partial charge is 0.348 e. The Morgan fingerprint density at radius 1 is 1.59 bits per heavy atom. The van der Waals surface area contributed by atoms with Crippen molar-refractivity contribution in [2.45, 2.75) is 25.0 Å². The number of carbonyl (C=O) groups excluding carboxylic acids is 2. The summed E-state index contributed by atoms with van der Waals surface area (Å²) in [4.78, 5) is 23.0. The van der Waals surface area contributed by atoms with Gasteiger partial charge in [0.25, 0.3) is 0 Å². The van der Waals surface area contributed by atoms with Crippen LogP contribution in [0.5, 0.6) is 0 Å². The van der Waals surface area contributed by atoms with Crippen molar-refractivity contribution in [2.24, 2.45) is 0 Å². The quantitative estimate of drug-likeness (QED) is 0.683. The molecule has 2 atom stereocenters. The van der Waals surface area contributed by atoms with Gasteiger partial charge in [0.05, 0.1) is 12.5 Å². The van der Waals surface area contributed by atoms with Gasteiger partial charge in [-0.3, -0.25) is 4.79 Å². The zero-order valence-electron chi connectivity index (χ0n) is 8.90. The van der Waals surface area contributed by atoms with Crippen molar-refractivity contribution in [3.8, 4) is 6.07 Å². The summed E-state index contributed by atoms with van der Waals surface area (Å²) in [5.74, 6) is -0.638. The number of nitrogens with zero attached hydrogens (tertiary/aromatic N) is 1. The molecule has 5 nitrogen and oxygen atoms in total. The number of halogens is 1. The van der Waals surface area contributed by atoms with Crippen LogP contribution in [-0.2, 0) is 19.1 Å². The molecule has 0 aromatic rings. The molecule has 0 N–H and O–H groups in total. The third-order valence-corrected chi connectivity index (χ3v) is 3.31. The van der Waals surface area contributed by atoms with E-state index in [1.54, 1.807) is 0 Å². The van der Waals surface area contributed by atoms with Crippen LogP contribution >= 0.6 is 15.9 Å². The normalized spacial score (nSPS) is 31.5. The van der Waals surface area contributed by atoms with Gasteiger partial charge in [0, 0.05) is 0 Å². The SMILES string of the molecule is C[C@H]1OC2=C(Br)C(=O)C=C[C@]2(CC#N)OC1=O. The highest BCUT2D eigenvalue weighted by molar-refractivity contribution is 9.12. The Morgan fingerprint density at radius 3 is 2.94 bits per heavy atom. The van der Waals surface area contributed by atoms with E-state index in [0.29, 0.717) is 0 Å². The molecule has 2 rings (SSSR count). The van der Waals surface area contributed by atoms with Gasteiger partial charge in [0.2, 0.25) is 5.60 Å². The molecule has 0 aromatic heterocycles. The van der Waals surface area contributed by atoms with Gasteiger partial charge in [-0.05, 0) is 35.0 Å².